The van der Waals surface area contributed by atoms with Crippen LogP contribution in [0.3, 0.4) is 0 Å². The van der Waals surface area contributed by atoms with Gasteiger partial charge in [-0.05, 0) is 19.1 Å². The molecule has 0 radical (unpaired) electrons. The van der Waals surface area contributed by atoms with Gasteiger partial charge in [-0.1, -0.05) is 30.8 Å². The van der Waals surface area contributed by atoms with Crippen LogP contribution >= 0.6 is 23.1 Å². The van der Waals surface area contributed by atoms with E-state index in [4.69, 9.17) is 9.47 Å². The first-order valence-electron chi connectivity index (χ1n) is 9.86. The number of aliphatic carboxylic acids is 1. The van der Waals surface area contributed by atoms with Gasteiger partial charge in [0.05, 0.1) is 31.2 Å². The monoisotopic (exact) mass is 491 g/mol. The number of allylic oxidation sites excluding steroid dienone is 1. The summed E-state index contributed by atoms with van der Waals surface area (Å²) in [7, 11) is 3.03. The van der Waals surface area contributed by atoms with E-state index in [9.17, 15) is 18.7 Å². The molecule has 33 heavy (non-hydrogen) atoms. The first kappa shape index (κ1) is 24.7. The fourth-order valence-electron chi connectivity index (χ4n) is 3.13. The van der Waals surface area contributed by atoms with Gasteiger partial charge in [0.1, 0.15) is 16.5 Å². The summed E-state index contributed by atoms with van der Waals surface area (Å²) in [6, 6.07) is 9.49. The Morgan fingerprint density at radius 3 is 2.45 bits per heavy atom. The number of alkyl halides is 2. The molecule has 1 heterocycles. The summed E-state index contributed by atoms with van der Waals surface area (Å²) in [5.74, 6) is -2.39. The Balaban J connectivity index is 1.82. The minimum atomic E-state index is -3.07. The lowest BCUT2D eigenvalue weighted by Gasteiger charge is -2.13. The molecule has 0 spiro atoms. The third-order valence-corrected chi connectivity index (χ3v) is 7.39. The van der Waals surface area contributed by atoms with E-state index in [1.165, 1.54) is 42.3 Å². The van der Waals surface area contributed by atoms with Gasteiger partial charge in [0.15, 0.2) is 0 Å². The molecule has 0 fully saturated rings. The number of hydrogen-bond acceptors (Lipinski definition) is 6. The van der Waals surface area contributed by atoms with E-state index in [1.807, 2.05) is 6.92 Å². The highest BCUT2D eigenvalue weighted by Crippen LogP contribution is 2.40. The molecule has 1 N–H and O–H groups in total. The number of carboxylic acids is 1. The number of aryl methyl sites for hydroxylation is 1. The molecule has 2 aromatic carbocycles. The molecular weight excluding hydrogens is 468 g/mol. The number of rotatable bonds is 10. The molecule has 0 amide bonds. The number of benzene rings is 2. The Morgan fingerprint density at radius 2 is 1.88 bits per heavy atom. The van der Waals surface area contributed by atoms with Crippen LogP contribution in [-0.2, 0) is 22.9 Å². The molecule has 3 rings (SSSR count). The van der Waals surface area contributed by atoms with Crippen molar-refractivity contribution in [3.05, 3.63) is 70.8 Å². The van der Waals surface area contributed by atoms with Crippen LogP contribution < -0.4 is 9.47 Å². The van der Waals surface area contributed by atoms with Crippen LogP contribution in [0.2, 0.25) is 0 Å². The number of nitrogens with zero attached hydrogens (tertiary/aromatic N) is 1. The van der Waals surface area contributed by atoms with Gasteiger partial charge < -0.3 is 14.6 Å². The van der Waals surface area contributed by atoms with Crippen molar-refractivity contribution in [2.75, 3.05) is 14.2 Å². The SMILES string of the molecule is C=CC(F)(F)c1ccc(-c2nc(C)c(CSc3cc(CC(=O)O)c(OC)cc3OC)s2)cc1. The molecule has 3 aromatic rings. The molecule has 5 nitrogen and oxygen atoms in total. The summed E-state index contributed by atoms with van der Waals surface area (Å²) < 4.78 is 38.3. The fraction of sp³-hybridized carbons (Fsp3) is 0.250. The average Bonchev–Trinajstić information content (AvgIpc) is 3.17. The second kappa shape index (κ2) is 10.4. The van der Waals surface area contributed by atoms with Gasteiger partial charge in [0.25, 0.3) is 5.92 Å². The van der Waals surface area contributed by atoms with Gasteiger partial charge in [0, 0.05) is 33.4 Å². The number of methoxy groups -OCH3 is 2. The van der Waals surface area contributed by atoms with Crippen LogP contribution in [0, 0.1) is 6.92 Å². The summed E-state index contributed by atoms with van der Waals surface area (Å²) in [4.78, 5) is 17.6. The number of thiazole rings is 1. The minimum absolute atomic E-state index is 0.117. The van der Waals surface area contributed by atoms with Crippen LogP contribution in [0.25, 0.3) is 10.6 Å². The van der Waals surface area contributed by atoms with Crippen molar-refractivity contribution in [2.45, 2.75) is 29.9 Å². The van der Waals surface area contributed by atoms with Gasteiger partial charge >= 0.3 is 5.97 Å². The molecule has 0 bridgehead atoms. The molecule has 9 heteroatoms. The highest BCUT2D eigenvalue weighted by Gasteiger charge is 2.26. The first-order valence-corrected chi connectivity index (χ1v) is 11.7. The number of thioether (sulfide) groups is 1. The van der Waals surface area contributed by atoms with Crippen molar-refractivity contribution < 1.29 is 28.2 Å². The predicted octanol–water partition coefficient (Wildman–Crippen LogP) is 6.33. The van der Waals surface area contributed by atoms with E-state index in [0.717, 1.165) is 26.0 Å². The lowest BCUT2D eigenvalue weighted by atomic mass is 10.1. The predicted molar refractivity (Wildman–Crippen MR) is 127 cm³/mol. The highest BCUT2D eigenvalue weighted by molar-refractivity contribution is 7.98. The number of carboxylic acid groups (broad SMARTS) is 1. The van der Waals surface area contributed by atoms with E-state index < -0.39 is 11.9 Å². The average molecular weight is 492 g/mol. The number of carbonyl (C=O) groups is 1. The zero-order valence-corrected chi connectivity index (χ0v) is 20.0. The summed E-state index contributed by atoms with van der Waals surface area (Å²) in [6.45, 7) is 5.08. The van der Waals surface area contributed by atoms with Gasteiger partial charge in [-0.25, -0.2) is 4.98 Å². The molecular formula is C24H23F2NO4S2. The van der Waals surface area contributed by atoms with Gasteiger partial charge in [-0.3, -0.25) is 4.79 Å². The molecule has 0 atom stereocenters. The Kier molecular flexibility index (Phi) is 7.76. The largest absolute Gasteiger partial charge is 0.496 e. The second-order valence-corrected chi connectivity index (χ2v) is 9.21. The smallest absolute Gasteiger partial charge is 0.307 e. The summed E-state index contributed by atoms with van der Waals surface area (Å²) in [5.41, 5.74) is 2.05. The molecule has 0 saturated heterocycles. The maximum absolute atomic E-state index is 13.8. The Hall–Kier alpha value is -2.91. The lowest BCUT2D eigenvalue weighted by Crippen LogP contribution is -2.08. The third-order valence-electron chi connectivity index (χ3n) is 4.93. The molecule has 0 aliphatic carbocycles. The standard InChI is InChI=1S/C24H23F2NO4S2/c1-5-24(25,26)17-8-6-15(7-9-17)23-27-14(2)21(33-23)13-32-20-10-16(11-22(28)29)18(30-3)12-19(20)31-4/h5-10,12H,1,11,13H2,2-4H3,(H,28,29). The lowest BCUT2D eigenvalue weighted by molar-refractivity contribution is -0.136. The van der Waals surface area contributed by atoms with Gasteiger partial charge in [0.2, 0.25) is 0 Å². The number of ether oxygens (including phenoxy) is 2. The van der Waals surface area contributed by atoms with Crippen molar-refractivity contribution in [1.29, 1.82) is 0 Å². The van der Waals surface area contributed by atoms with E-state index >= 15 is 0 Å². The summed E-state index contributed by atoms with van der Waals surface area (Å²) >= 11 is 2.99. The van der Waals surface area contributed by atoms with Crippen LogP contribution in [0.1, 0.15) is 21.7 Å². The van der Waals surface area contributed by atoms with Crippen molar-refractivity contribution >= 4 is 29.1 Å². The Morgan fingerprint density at radius 1 is 1.21 bits per heavy atom. The maximum Gasteiger partial charge on any atom is 0.307 e. The Labute approximate surface area is 199 Å². The zero-order valence-electron chi connectivity index (χ0n) is 18.4. The van der Waals surface area contributed by atoms with Gasteiger partial charge in [-0.2, -0.15) is 8.78 Å². The van der Waals surface area contributed by atoms with Gasteiger partial charge in [-0.15, -0.1) is 23.1 Å². The molecule has 0 aliphatic heterocycles. The minimum Gasteiger partial charge on any atom is -0.496 e. The fourth-order valence-corrected chi connectivity index (χ4v) is 5.41. The van der Waals surface area contributed by atoms with Crippen molar-refractivity contribution in [1.82, 2.24) is 4.98 Å². The molecule has 0 aliphatic rings. The molecule has 174 valence electrons. The van der Waals surface area contributed by atoms with Crippen molar-refractivity contribution in [3.8, 4) is 22.1 Å². The van der Waals surface area contributed by atoms with E-state index in [1.54, 1.807) is 31.4 Å². The summed E-state index contributed by atoms with van der Waals surface area (Å²) in [5, 5.41) is 9.93. The highest BCUT2D eigenvalue weighted by atomic mass is 32.2. The molecule has 0 saturated carbocycles. The molecule has 0 unspecified atom stereocenters. The Bertz CT molecular complexity index is 1160. The topological polar surface area (TPSA) is 68.7 Å². The quantitative estimate of drug-likeness (QED) is 0.264. The zero-order chi connectivity index (χ0) is 24.2. The number of hydrogen-bond donors (Lipinski definition) is 1. The normalized spacial score (nSPS) is 11.3. The second-order valence-electron chi connectivity index (χ2n) is 7.11. The van der Waals surface area contributed by atoms with Crippen LogP contribution in [0.15, 0.2) is 53.9 Å². The van der Waals surface area contributed by atoms with Crippen molar-refractivity contribution in [2.24, 2.45) is 0 Å². The first-order chi connectivity index (χ1) is 15.7. The van der Waals surface area contributed by atoms with Crippen LogP contribution in [0.4, 0.5) is 8.78 Å². The van der Waals surface area contributed by atoms with E-state index in [2.05, 4.69) is 11.6 Å². The maximum atomic E-state index is 13.8. The molecule has 1 aromatic heterocycles. The number of halogens is 2. The van der Waals surface area contributed by atoms with Crippen molar-refractivity contribution in [3.63, 3.8) is 0 Å². The van der Waals surface area contributed by atoms with Crippen LogP contribution in [-0.4, -0.2) is 30.3 Å². The summed E-state index contributed by atoms with van der Waals surface area (Å²) in [6.07, 6.45) is 0.464. The van der Waals surface area contributed by atoms with E-state index in [-0.39, 0.29) is 12.0 Å². The third kappa shape index (κ3) is 5.72. The number of aromatic nitrogens is 1. The van der Waals surface area contributed by atoms with Crippen LogP contribution in [0.5, 0.6) is 11.5 Å². The van der Waals surface area contributed by atoms with E-state index in [0.29, 0.717) is 28.9 Å².